The molecular weight excluding hydrogens is 274 g/mol. The lowest BCUT2D eigenvalue weighted by Gasteiger charge is -2.13. The second-order valence-corrected chi connectivity index (χ2v) is 5.30. The van der Waals surface area contributed by atoms with Gasteiger partial charge in [-0.25, -0.2) is 0 Å². The average molecular weight is 295 g/mol. The number of rotatable bonds is 6. The highest BCUT2D eigenvalue weighted by molar-refractivity contribution is 5.97. The maximum Gasteiger partial charge on any atom is 0.168 e. The van der Waals surface area contributed by atoms with Crippen LogP contribution in [0, 0.1) is 13.8 Å². The van der Waals surface area contributed by atoms with Crippen LogP contribution in [-0.2, 0) is 0 Å². The van der Waals surface area contributed by atoms with Gasteiger partial charge in [0, 0.05) is 16.9 Å². The van der Waals surface area contributed by atoms with E-state index in [-0.39, 0.29) is 12.2 Å². The van der Waals surface area contributed by atoms with E-state index in [0.717, 1.165) is 11.4 Å². The number of Topliss-reactive ketones (excluding diaryl/α,β-unsaturated/α-hetero) is 1. The van der Waals surface area contributed by atoms with E-state index in [1.807, 2.05) is 12.1 Å². The van der Waals surface area contributed by atoms with Crippen LogP contribution >= 0.6 is 0 Å². The Kier molecular flexibility index (Phi) is 4.99. The lowest BCUT2D eigenvalue weighted by molar-refractivity contribution is 0.0993. The van der Waals surface area contributed by atoms with Crippen molar-refractivity contribution in [3.8, 4) is 5.75 Å². The number of hydrogen-bond donors (Lipinski definition) is 1. The highest BCUT2D eigenvalue weighted by Gasteiger charge is 2.09. The predicted molar refractivity (Wildman–Crippen MR) is 90.6 cm³/mol. The Labute approximate surface area is 131 Å². The van der Waals surface area contributed by atoms with Crippen LogP contribution in [0.2, 0.25) is 0 Å². The van der Waals surface area contributed by atoms with Crippen molar-refractivity contribution < 1.29 is 9.53 Å². The number of aryl methyl sites for hydroxylation is 1. The first-order valence-electron chi connectivity index (χ1n) is 7.19. The minimum absolute atomic E-state index is 0.0328. The highest BCUT2D eigenvalue weighted by atomic mass is 16.5. The fourth-order valence-corrected chi connectivity index (χ4v) is 2.19. The average Bonchev–Trinajstić information content (AvgIpc) is 2.52. The minimum Gasteiger partial charge on any atom is -0.497 e. The zero-order valence-corrected chi connectivity index (χ0v) is 13.3. The third kappa shape index (κ3) is 3.76. The smallest absolute Gasteiger partial charge is 0.168 e. The molecule has 0 saturated carbocycles. The van der Waals surface area contributed by atoms with Gasteiger partial charge in [0.25, 0.3) is 0 Å². The van der Waals surface area contributed by atoms with Crippen molar-refractivity contribution >= 4 is 11.5 Å². The van der Waals surface area contributed by atoms with Gasteiger partial charge in [-0.2, -0.15) is 0 Å². The summed E-state index contributed by atoms with van der Waals surface area (Å²) in [4.78, 5) is 12.3. The molecule has 114 valence electrons. The number of ketones is 1. The van der Waals surface area contributed by atoms with Crippen molar-refractivity contribution in [3.05, 3.63) is 71.4 Å². The number of carbonyl (C=O) groups excluding carboxylic acids is 1. The molecule has 0 fully saturated rings. The predicted octanol–water partition coefficient (Wildman–Crippen LogP) is 4.51. The maximum absolute atomic E-state index is 12.3. The lowest BCUT2D eigenvalue weighted by Crippen LogP contribution is -2.07. The number of ether oxygens (including phenoxy) is 1. The van der Waals surface area contributed by atoms with E-state index in [1.54, 1.807) is 31.4 Å². The number of carbonyl (C=O) groups is 1. The first kappa shape index (κ1) is 15.8. The Balaban J connectivity index is 2.01. The summed E-state index contributed by atoms with van der Waals surface area (Å²) in [6.07, 6.45) is 0.264. The van der Waals surface area contributed by atoms with Gasteiger partial charge in [0.05, 0.1) is 13.5 Å². The van der Waals surface area contributed by atoms with Crippen LogP contribution in [0.1, 0.15) is 27.9 Å². The summed E-state index contributed by atoms with van der Waals surface area (Å²) in [5, 5.41) is 3.23. The molecule has 2 rings (SSSR count). The third-order valence-electron chi connectivity index (χ3n) is 3.70. The normalized spacial score (nSPS) is 10.1. The van der Waals surface area contributed by atoms with E-state index < -0.39 is 0 Å². The largest absolute Gasteiger partial charge is 0.497 e. The summed E-state index contributed by atoms with van der Waals surface area (Å²) >= 11 is 0. The van der Waals surface area contributed by atoms with Crippen LogP contribution in [0.4, 0.5) is 5.69 Å². The number of benzene rings is 2. The third-order valence-corrected chi connectivity index (χ3v) is 3.70. The topological polar surface area (TPSA) is 38.3 Å². The van der Waals surface area contributed by atoms with E-state index in [1.165, 1.54) is 11.1 Å². The summed E-state index contributed by atoms with van der Waals surface area (Å²) in [6, 6.07) is 13.2. The molecule has 0 unspecified atom stereocenters. The zero-order valence-electron chi connectivity index (χ0n) is 13.3. The Morgan fingerprint density at radius 1 is 1.14 bits per heavy atom. The van der Waals surface area contributed by atoms with E-state index >= 15 is 0 Å². The van der Waals surface area contributed by atoms with Crippen molar-refractivity contribution in [2.75, 3.05) is 12.4 Å². The van der Waals surface area contributed by atoms with Gasteiger partial charge >= 0.3 is 0 Å². The van der Waals surface area contributed by atoms with E-state index in [2.05, 4.69) is 31.8 Å². The van der Waals surface area contributed by atoms with Crippen LogP contribution in [0.15, 0.2) is 54.7 Å². The second kappa shape index (κ2) is 6.94. The molecular formula is C19H21NO2. The van der Waals surface area contributed by atoms with E-state index in [4.69, 9.17) is 4.74 Å². The molecule has 3 heteroatoms. The Bertz CT molecular complexity index is 687. The van der Waals surface area contributed by atoms with Crippen LogP contribution in [0.25, 0.3) is 0 Å². The van der Waals surface area contributed by atoms with Gasteiger partial charge in [0.15, 0.2) is 5.78 Å². The molecule has 1 N–H and O–H groups in total. The van der Waals surface area contributed by atoms with Crippen molar-refractivity contribution in [1.29, 1.82) is 0 Å². The van der Waals surface area contributed by atoms with Crippen LogP contribution in [-0.4, -0.2) is 12.9 Å². The molecule has 2 aromatic rings. The van der Waals surface area contributed by atoms with Gasteiger partial charge in [-0.1, -0.05) is 18.7 Å². The zero-order chi connectivity index (χ0) is 16.1. The molecule has 0 spiro atoms. The molecule has 0 aliphatic rings. The maximum atomic E-state index is 12.3. The van der Waals surface area contributed by atoms with Crippen LogP contribution < -0.4 is 10.1 Å². The minimum atomic E-state index is 0.0328. The Morgan fingerprint density at radius 3 is 2.45 bits per heavy atom. The van der Waals surface area contributed by atoms with Gasteiger partial charge < -0.3 is 10.1 Å². The fraction of sp³-hybridized carbons (Fsp3) is 0.211. The first-order chi connectivity index (χ1) is 10.5. The number of nitrogens with one attached hydrogen (secondary N) is 1. The molecule has 2 aromatic carbocycles. The first-order valence-corrected chi connectivity index (χ1v) is 7.19. The summed E-state index contributed by atoms with van der Waals surface area (Å²) in [5.74, 6) is 0.773. The van der Waals surface area contributed by atoms with Crippen molar-refractivity contribution in [1.82, 2.24) is 0 Å². The molecule has 0 amide bonds. The molecule has 0 saturated heterocycles. The molecule has 0 bridgehead atoms. The molecule has 0 aliphatic heterocycles. The van der Waals surface area contributed by atoms with Crippen LogP contribution in [0.5, 0.6) is 5.75 Å². The van der Waals surface area contributed by atoms with Crippen molar-refractivity contribution in [2.45, 2.75) is 20.3 Å². The number of methoxy groups -OCH3 is 1. The standard InChI is InChI=1S/C19H21NO2/c1-13-6-5-7-18(15(13)3)20-14(2)12-19(21)16-8-10-17(22-4)11-9-16/h5-11,20H,2,12H2,1,3-4H3. The van der Waals surface area contributed by atoms with Gasteiger partial charge in [-0.15, -0.1) is 0 Å². The molecule has 3 nitrogen and oxygen atoms in total. The van der Waals surface area contributed by atoms with E-state index in [0.29, 0.717) is 11.3 Å². The quantitative estimate of drug-likeness (QED) is 0.797. The van der Waals surface area contributed by atoms with E-state index in [9.17, 15) is 4.79 Å². The summed E-state index contributed by atoms with van der Waals surface area (Å²) in [5.41, 5.74) is 4.71. The van der Waals surface area contributed by atoms with Crippen molar-refractivity contribution in [3.63, 3.8) is 0 Å². The number of anilines is 1. The Morgan fingerprint density at radius 2 is 1.82 bits per heavy atom. The summed E-state index contributed by atoms with van der Waals surface area (Å²) in [6.45, 7) is 8.08. The lowest BCUT2D eigenvalue weighted by atomic mass is 10.1. The number of hydrogen-bond acceptors (Lipinski definition) is 3. The Hall–Kier alpha value is -2.55. The molecule has 0 aromatic heterocycles. The fourth-order valence-electron chi connectivity index (χ4n) is 2.19. The van der Waals surface area contributed by atoms with Gasteiger partial charge in [0.2, 0.25) is 0 Å². The number of allylic oxidation sites excluding steroid dienone is 1. The van der Waals surface area contributed by atoms with Crippen LogP contribution in [0.3, 0.4) is 0 Å². The molecule has 0 atom stereocenters. The molecule has 0 radical (unpaired) electrons. The van der Waals surface area contributed by atoms with Gasteiger partial charge in [-0.05, 0) is 55.3 Å². The molecule has 0 aliphatic carbocycles. The monoisotopic (exact) mass is 295 g/mol. The SMILES string of the molecule is C=C(CC(=O)c1ccc(OC)cc1)Nc1cccc(C)c1C. The second-order valence-electron chi connectivity index (χ2n) is 5.30. The highest BCUT2D eigenvalue weighted by Crippen LogP contribution is 2.21. The molecule has 22 heavy (non-hydrogen) atoms. The van der Waals surface area contributed by atoms with Gasteiger partial charge in [0.1, 0.15) is 5.75 Å². The summed E-state index contributed by atoms with van der Waals surface area (Å²) in [7, 11) is 1.60. The van der Waals surface area contributed by atoms with Crippen molar-refractivity contribution in [2.24, 2.45) is 0 Å². The molecule has 0 heterocycles. The van der Waals surface area contributed by atoms with Gasteiger partial charge in [-0.3, -0.25) is 4.79 Å². The summed E-state index contributed by atoms with van der Waals surface area (Å²) < 4.78 is 5.09.